The fourth-order valence-corrected chi connectivity index (χ4v) is 2.64. The minimum atomic E-state index is -0.171. The van der Waals surface area contributed by atoms with Gasteiger partial charge in [0.15, 0.2) is 5.16 Å². The van der Waals surface area contributed by atoms with Gasteiger partial charge in [-0.1, -0.05) is 0 Å². The number of aromatic nitrogens is 2. The van der Waals surface area contributed by atoms with Gasteiger partial charge in [-0.05, 0) is 55.9 Å². The van der Waals surface area contributed by atoms with Crippen LogP contribution in [-0.4, -0.2) is 29.6 Å². The van der Waals surface area contributed by atoms with E-state index in [-0.39, 0.29) is 12.5 Å². The Kier molecular flexibility index (Phi) is 5.30. The Morgan fingerprint density at radius 3 is 2.38 bits per heavy atom. The standard InChI is InChI=1S/C15H17N3O2S/c1-10-8-11(2)17-15(16-10)21-13-6-4-12(5-7-13)18-14(19)9-20-3/h4-8H,9H2,1-3H3,(H,18,19). The van der Waals surface area contributed by atoms with Crippen LogP contribution in [0.15, 0.2) is 40.4 Å². The molecule has 1 aromatic carbocycles. The van der Waals surface area contributed by atoms with Crippen molar-refractivity contribution in [3.05, 3.63) is 41.7 Å². The molecule has 6 heteroatoms. The molecule has 0 fully saturated rings. The summed E-state index contributed by atoms with van der Waals surface area (Å²) in [5.41, 5.74) is 2.64. The van der Waals surface area contributed by atoms with Crippen molar-refractivity contribution in [3.63, 3.8) is 0 Å². The highest BCUT2D eigenvalue weighted by Crippen LogP contribution is 2.26. The lowest BCUT2D eigenvalue weighted by Crippen LogP contribution is -2.16. The van der Waals surface area contributed by atoms with Gasteiger partial charge in [-0.3, -0.25) is 4.79 Å². The van der Waals surface area contributed by atoms with Crippen molar-refractivity contribution >= 4 is 23.4 Å². The fraction of sp³-hybridized carbons (Fsp3) is 0.267. The lowest BCUT2D eigenvalue weighted by molar-refractivity contribution is -0.119. The van der Waals surface area contributed by atoms with E-state index in [9.17, 15) is 4.79 Å². The summed E-state index contributed by atoms with van der Waals surface area (Å²) in [6, 6.07) is 9.48. The summed E-state index contributed by atoms with van der Waals surface area (Å²) in [5, 5.41) is 3.47. The summed E-state index contributed by atoms with van der Waals surface area (Å²) in [5.74, 6) is -0.171. The van der Waals surface area contributed by atoms with Gasteiger partial charge in [0.1, 0.15) is 6.61 Å². The van der Waals surface area contributed by atoms with Crippen molar-refractivity contribution < 1.29 is 9.53 Å². The first-order valence-electron chi connectivity index (χ1n) is 6.46. The van der Waals surface area contributed by atoms with E-state index >= 15 is 0 Å². The number of carbonyl (C=O) groups is 1. The molecule has 0 atom stereocenters. The molecule has 2 aromatic rings. The molecule has 0 saturated carbocycles. The zero-order chi connectivity index (χ0) is 15.2. The van der Waals surface area contributed by atoms with Crippen LogP contribution in [0.25, 0.3) is 0 Å². The molecule has 2 rings (SSSR count). The van der Waals surface area contributed by atoms with Crippen molar-refractivity contribution in [2.24, 2.45) is 0 Å². The van der Waals surface area contributed by atoms with Gasteiger partial charge in [0.2, 0.25) is 5.91 Å². The summed E-state index contributed by atoms with van der Waals surface area (Å²) in [4.78, 5) is 21.2. The molecule has 1 aromatic heterocycles. The molecule has 0 radical (unpaired) electrons. The Labute approximate surface area is 128 Å². The maximum Gasteiger partial charge on any atom is 0.250 e. The van der Waals surface area contributed by atoms with Crippen LogP contribution in [0.5, 0.6) is 0 Å². The number of methoxy groups -OCH3 is 1. The number of rotatable bonds is 5. The van der Waals surface area contributed by atoms with Gasteiger partial charge in [0.05, 0.1) is 0 Å². The quantitative estimate of drug-likeness (QED) is 0.861. The number of benzene rings is 1. The van der Waals surface area contributed by atoms with Gasteiger partial charge in [-0.25, -0.2) is 9.97 Å². The second kappa shape index (κ2) is 7.19. The third-order valence-electron chi connectivity index (χ3n) is 2.58. The number of aryl methyl sites for hydroxylation is 2. The summed E-state index contributed by atoms with van der Waals surface area (Å²) >= 11 is 1.49. The molecule has 0 saturated heterocycles. The molecule has 21 heavy (non-hydrogen) atoms. The van der Waals surface area contributed by atoms with Gasteiger partial charge in [-0.2, -0.15) is 0 Å². The Balaban J connectivity index is 2.03. The van der Waals surface area contributed by atoms with Gasteiger partial charge in [0, 0.05) is 29.1 Å². The average Bonchev–Trinajstić information content (AvgIpc) is 2.40. The Morgan fingerprint density at radius 2 is 1.81 bits per heavy atom. The predicted octanol–water partition coefficient (Wildman–Crippen LogP) is 2.83. The summed E-state index contributed by atoms with van der Waals surface area (Å²) < 4.78 is 4.77. The van der Waals surface area contributed by atoms with Crippen LogP contribution in [0.2, 0.25) is 0 Å². The van der Waals surface area contributed by atoms with Gasteiger partial charge in [0.25, 0.3) is 0 Å². The smallest absolute Gasteiger partial charge is 0.250 e. The maximum atomic E-state index is 11.4. The number of carbonyl (C=O) groups excluding carboxylic acids is 1. The largest absolute Gasteiger partial charge is 0.375 e. The summed E-state index contributed by atoms with van der Waals surface area (Å²) in [7, 11) is 1.49. The molecule has 0 aliphatic heterocycles. The number of ether oxygens (including phenoxy) is 1. The van der Waals surface area contributed by atoms with Crippen LogP contribution in [0.3, 0.4) is 0 Å². The lowest BCUT2D eigenvalue weighted by atomic mass is 10.3. The summed E-state index contributed by atoms with van der Waals surface area (Å²) in [6.07, 6.45) is 0. The van der Waals surface area contributed by atoms with E-state index in [1.165, 1.54) is 18.9 Å². The average molecular weight is 303 g/mol. The molecule has 0 aliphatic carbocycles. The van der Waals surface area contributed by atoms with E-state index in [4.69, 9.17) is 4.74 Å². The highest BCUT2D eigenvalue weighted by molar-refractivity contribution is 7.99. The topological polar surface area (TPSA) is 64.1 Å². The predicted molar refractivity (Wildman–Crippen MR) is 82.6 cm³/mol. The van der Waals surface area contributed by atoms with Crippen LogP contribution >= 0.6 is 11.8 Å². The molecule has 0 spiro atoms. The van der Waals surface area contributed by atoms with Crippen molar-refractivity contribution in [1.29, 1.82) is 0 Å². The number of nitrogens with one attached hydrogen (secondary N) is 1. The molecule has 1 amide bonds. The van der Waals surface area contributed by atoms with Crippen LogP contribution in [0, 0.1) is 13.8 Å². The second-order valence-corrected chi connectivity index (χ2v) is 5.58. The molecule has 0 aliphatic rings. The van der Waals surface area contributed by atoms with Gasteiger partial charge in [-0.15, -0.1) is 0 Å². The van der Waals surface area contributed by atoms with Crippen LogP contribution < -0.4 is 5.32 Å². The SMILES string of the molecule is COCC(=O)Nc1ccc(Sc2nc(C)cc(C)n2)cc1. The Hall–Kier alpha value is -1.92. The van der Waals surface area contributed by atoms with E-state index in [0.29, 0.717) is 0 Å². The number of nitrogens with zero attached hydrogens (tertiary/aromatic N) is 2. The number of anilines is 1. The third kappa shape index (κ3) is 4.84. The monoisotopic (exact) mass is 303 g/mol. The minimum Gasteiger partial charge on any atom is -0.375 e. The molecular weight excluding hydrogens is 286 g/mol. The van der Waals surface area contributed by atoms with Crippen molar-refractivity contribution in [1.82, 2.24) is 9.97 Å². The second-order valence-electron chi connectivity index (χ2n) is 4.54. The molecule has 0 unspecified atom stereocenters. The number of hydrogen-bond donors (Lipinski definition) is 1. The van der Waals surface area contributed by atoms with Crippen molar-refractivity contribution in [3.8, 4) is 0 Å². The number of hydrogen-bond acceptors (Lipinski definition) is 5. The Bertz CT molecular complexity index is 609. The van der Waals surface area contributed by atoms with E-state index in [2.05, 4.69) is 15.3 Å². The first kappa shape index (κ1) is 15.5. The molecule has 1 heterocycles. The molecule has 110 valence electrons. The molecular formula is C15H17N3O2S. The van der Waals surface area contributed by atoms with E-state index < -0.39 is 0 Å². The van der Waals surface area contributed by atoms with Gasteiger partial charge >= 0.3 is 0 Å². The highest BCUT2D eigenvalue weighted by atomic mass is 32.2. The molecule has 5 nitrogen and oxygen atoms in total. The first-order chi connectivity index (χ1) is 10.1. The van der Waals surface area contributed by atoms with Crippen molar-refractivity contribution in [2.45, 2.75) is 23.9 Å². The van der Waals surface area contributed by atoms with E-state index in [0.717, 1.165) is 27.1 Å². The first-order valence-corrected chi connectivity index (χ1v) is 7.27. The highest BCUT2D eigenvalue weighted by Gasteiger charge is 2.04. The van der Waals surface area contributed by atoms with E-state index in [1.807, 2.05) is 44.2 Å². The third-order valence-corrected chi connectivity index (χ3v) is 3.46. The minimum absolute atomic E-state index is 0.0485. The molecule has 1 N–H and O–H groups in total. The normalized spacial score (nSPS) is 10.4. The van der Waals surface area contributed by atoms with E-state index in [1.54, 1.807) is 0 Å². The summed E-state index contributed by atoms with van der Waals surface area (Å²) in [6.45, 7) is 3.95. The van der Waals surface area contributed by atoms with Crippen molar-refractivity contribution in [2.75, 3.05) is 19.0 Å². The van der Waals surface area contributed by atoms with Gasteiger partial charge < -0.3 is 10.1 Å². The molecule has 0 bridgehead atoms. The Morgan fingerprint density at radius 1 is 1.19 bits per heavy atom. The zero-order valence-corrected chi connectivity index (χ0v) is 13.0. The fourth-order valence-electron chi connectivity index (χ4n) is 1.78. The zero-order valence-electron chi connectivity index (χ0n) is 12.2. The van der Waals surface area contributed by atoms with Crippen LogP contribution in [0.1, 0.15) is 11.4 Å². The number of amides is 1. The van der Waals surface area contributed by atoms with Crippen LogP contribution in [-0.2, 0) is 9.53 Å². The lowest BCUT2D eigenvalue weighted by Gasteiger charge is -2.06. The maximum absolute atomic E-state index is 11.4. The van der Waals surface area contributed by atoms with Crippen LogP contribution in [0.4, 0.5) is 5.69 Å².